The first-order chi connectivity index (χ1) is 8.20. The Hall–Kier alpha value is -1.67. The molecule has 1 aromatic carbocycles. The molecule has 1 saturated heterocycles. The first-order valence-electron chi connectivity index (χ1n) is 5.83. The van der Waals surface area contributed by atoms with Crippen LogP contribution < -0.4 is 4.90 Å². The van der Waals surface area contributed by atoms with Crippen LogP contribution in [0.5, 0.6) is 0 Å². The summed E-state index contributed by atoms with van der Waals surface area (Å²) in [5.41, 5.74) is 1.19. The Morgan fingerprint density at radius 3 is 3.06 bits per heavy atom. The van der Waals surface area contributed by atoms with Crippen molar-refractivity contribution in [2.45, 2.75) is 19.8 Å². The van der Waals surface area contributed by atoms with Gasteiger partial charge in [-0.2, -0.15) is 4.99 Å². The van der Waals surface area contributed by atoms with E-state index in [9.17, 15) is 9.18 Å². The van der Waals surface area contributed by atoms with Crippen molar-refractivity contribution in [3.05, 3.63) is 24.0 Å². The molecule has 1 fully saturated rings. The van der Waals surface area contributed by atoms with Gasteiger partial charge < -0.3 is 4.90 Å². The molecule has 0 aliphatic carbocycles. The number of anilines is 1. The third kappa shape index (κ3) is 2.71. The Balaban J connectivity index is 2.33. The highest BCUT2D eigenvalue weighted by atomic mass is 19.1. The quantitative estimate of drug-likeness (QED) is 0.582. The van der Waals surface area contributed by atoms with Crippen LogP contribution in [0.15, 0.2) is 23.2 Å². The van der Waals surface area contributed by atoms with Crippen molar-refractivity contribution in [2.75, 3.05) is 18.0 Å². The summed E-state index contributed by atoms with van der Waals surface area (Å²) in [4.78, 5) is 16.1. The monoisotopic (exact) mass is 234 g/mol. The number of carbonyl (C=O) groups excluding carboxylic acids is 1. The van der Waals surface area contributed by atoms with Crippen LogP contribution in [0.3, 0.4) is 0 Å². The van der Waals surface area contributed by atoms with Gasteiger partial charge in [0.25, 0.3) is 0 Å². The molecule has 1 heterocycles. The SMILES string of the molecule is CC1CCCN(c2ccc(F)cc2N=C=O)C1. The highest BCUT2D eigenvalue weighted by Gasteiger charge is 2.19. The van der Waals surface area contributed by atoms with Crippen molar-refractivity contribution in [1.82, 2.24) is 0 Å². The van der Waals surface area contributed by atoms with Gasteiger partial charge in [-0.25, -0.2) is 9.18 Å². The average Bonchev–Trinajstić information content (AvgIpc) is 2.29. The molecular weight excluding hydrogens is 219 g/mol. The van der Waals surface area contributed by atoms with E-state index in [1.165, 1.54) is 24.6 Å². The molecule has 0 radical (unpaired) electrons. The highest BCUT2D eigenvalue weighted by molar-refractivity contribution is 5.69. The second kappa shape index (κ2) is 5.11. The molecule has 0 spiro atoms. The molecule has 1 aliphatic rings. The Bertz CT molecular complexity index is 455. The molecule has 2 rings (SSSR count). The van der Waals surface area contributed by atoms with Crippen molar-refractivity contribution in [3.8, 4) is 0 Å². The van der Waals surface area contributed by atoms with Gasteiger partial charge in [-0.1, -0.05) is 6.92 Å². The minimum atomic E-state index is -0.382. The average molecular weight is 234 g/mol. The number of benzene rings is 1. The fourth-order valence-corrected chi connectivity index (χ4v) is 2.31. The van der Waals surface area contributed by atoms with E-state index in [0.717, 1.165) is 25.2 Å². The number of isocyanates is 1. The maximum Gasteiger partial charge on any atom is 0.240 e. The van der Waals surface area contributed by atoms with Crippen molar-refractivity contribution in [2.24, 2.45) is 10.9 Å². The standard InChI is InChI=1S/C13H15FN2O/c1-10-3-2-6-16(8-10)13-5-4-11(14)7-12(13)15-9-17/h4-5,7,10H,2-3,6,8H2,1H3. The Labute approximate surface area is 100.0 Å². The predicted octanol–water partition coefficient (Wildman–Crippen LogP) is 3.03. The summed E-state index contributed by atoms with van der Waals surface area (Å²) in [7, 11) is 0. The van der Waals surface area contributed by atoms with Crippen molar-refractivity contribution < 1.29 is 9.18 Å². The predicted molar refractivity (Wildman–Crippen MR) is 64.8 cm³/mol. The third-order valence-electron chi connectivity index (χ3n) is 3.10. The van der Waals surface area contributed by atoms with Crippen LogP contribution in [0.25, 0.3) is 0 Å². The normalized spacial score (nSPS) is 19.9. The number of aliphatic imine (C=N–C) groups is 1. The molecular formula is C13H15FN2O. The van der Waals surface area contributed by atoms with E-state index >= 15 is 0 Å². The maximum atomic E-state index is 13.1. The van der Waals surface area contributed by atoms with E-state index in [-0.39, 0.29) is 5.82 Å². The van der Waals surface area contributed by atoms with Crippen molar-refractivity contribution in [3.63, 3.8) is 0 Å². The van der Waals surface area contributed by atoms with Crippen LogP contribution in [0, 0.1) is 11.7 Å². The van der Waals surface area contributed by atoms with Crippen molar-refractivity contribution in [1.29, 1.82) is 0 Å². The lowest BCUT2D eigenvalue weighted by Gasteiger charge is -2.33. The minimum Gasteiger partial charge on any atom is -0.369 e. The molecule has 0 aromatic heterocycles. The van der Waals surface area contributed by atoms with Crippen LogP contribution in [-0.4, -0.2) is 19.2 Å². The van der Waals surface area contributed by atoms with Crippen LogP contribution >= 0.6 is 0 Å². The topological polar surface area (TPSA) is 32.7 Å². The lowest BCUT2D eigenvalue weighted by molar-refractivity contribution is 0.447. The molecule has 0 amide bonds. The van der Waals surface area contributed by atoms with Gasteiger partial charge in [0.1, 0.15) is 11.5 Å². The fraction of sp³-hybridized carbons (Fsp3) is 0.462. The molecule has 1 unspecified atom stereocenters. The van der Waals surface area contributed by atoms with Gasteiger partial charge in [0, 0.05) is 19.2 Å². The smallest absolute Gasteiger partial charge is 0.240 e. The summed E-state index contributed by atoms with van der Waals surface area (Å²) in [6, 6.07) is 4.36. The molecule has 1 aromatic rings. The summed E-state index contributed by atoms with van der Waals surface area (Å²) in [5.74, 6) is 0.231. The molecule has 3 nitrogen and oxygen atoms in total. The number of halogens is 1. The van der Waals surface area contributed by atoms with Crippen LogP contribution in [0.1, 0.15) is 19.8 Å². The second-order valence-electron chi connectivity index (χ2n) is 4.53. The van der Waals surface area contributed by atoms with Crippen LogP contribution in [0.4, 0.5) is 15.8 Å². The van der Waals surface area contributed by atoms with E-state index in [2.05, 4.69) is 16.8 Å². The molecule has 0 N–H and O–H groups in total. The molecule has 90 valence electrons. The summed E-state index contributed by atoms with van der Waals surface area (Å²) in [6.07, 6.45) is 3.81. The lowest BCUT2D eigenvalue weighted by atomic mass is 9.99. The summed E-state index contributed by atoms with van der Waals surface area (Å²) < 4.78 is 13.1. The van der Waals surface area contributed by atoms with Gasteiger partial charge in [-0.15, -0.1) is 0 Å². The zero-order valence-electron chi connectivity index (χ0n) is 9.82. The van der Waals surface area contributed by atoms with Gasteiger partial charge >= 0.3 is 0 Å². The molecule has 0 saturated carbocycles. The molecule has 4 heteroatoms. The third-order valence-corrected chi connectivity index (χ3v) is 3.10. The zero-order chi connectivity index (χ0) is 12.3. The number of hydrogen-bond donors (Lipinski definition) is 0. The molecule has 17 heavy (non-hydrogen) atoms. The summed E-state index contributed by atoms with van der Waals surface area (Å²) >= 11 is 0. The van der Waals surface area contributed by atoms with Crippen LogP contribution in [0.2, 0.25) is 0 Å². The first-order valence-corrected chi connectivity index (χ1v) is 5.83. The second-order valence-corrected chi connectivity index (χ2v) is 4.53. The first kappa shape index (κ1) is 11.8. The fourth-order valence-electron chi connectivity index (χ4n) is 2.31. The molecule has 1 atom stereocenters. The maximum absolute atomic E-state index is 13.1. The number of rotatable bonds is 2. The Morgan fingerprint density at radius 1 is 1.53 bits per heavy atom. The van der Waals surface area contributed by atoms with Gasteiger partial charge in [-0.05, 0) is 30.9 Å². The van der Waals surface area contributed by atoms with Crippen molar-refractivity contribution >= 4 is 17.5 Å². The van der Waals surface area contributed by atoms with E-state index in [4.69, 9.17) is 0 Å². The van der Waals surface area contributed by atoms with Crippen LogP contribution in [-0.2, 0) is 4.79 Å². The van der Waals surface area contributed by atoms with Gasteiger partial charge in [-0.3, -0.25) is 0 Å². The number of nitrogens with zero attached hydrogens (tertiary/aromatic N) is 2. The van der Waals surface area contributed by atoms with Gasteiger partial charge in [0.05, 0.1) is 5.69 Å². The van der Waals surface area contributed by atoms with Gasteiger partial charge in [0.2, 0.25) is 6.08 Å². The summed E-state index contributed by atoms with van der Waals surface area (Å²) in [6.45, 7) is 4.04. The molecule has 0 bridgehead atoms. The zero-order valence-corrected chi connectivity index (χ0v) is 9.82. The van der Waals surface area contributed by atoms with E-state index in [1.807, 2.05) is 0 Å². The van der Waals surface area contributed by atoms with Gasteiger partial charge in [0.15, 0.2) is 0 Å². The van der Waals surface area contributed by atoms with E-state index in [1.54, 1.807) is 6.07 Å². The lowest BCUT2D eigenvalue weighted by Crippen LogP contribution is -2.34. The summed E-state index contributed by atoms with van der Waals surface area (Å²) in [5, 5.41) is 0. The number of hydrogen-bond acceptors (Lipinski definition) is 3. The largest absolute Gasteiger partial charge is 0.369 e. The molecule has 1 aliphatic heterocycles. The van der Waals surface area contributed by atoms with E-state index in [0.29, 0.717) is 11.6 Å². The Kier molecular flexibility index (Phi) is 3.55. The van der Waals surface area contributed by atoms with E-state index < -0.39 is 0 Å². The Morgan fingerprint density at radius 2 is 2.35 bits per heavy atom. The minimum absolute atomic E-state index is 0.370. The number of piperidine rings is 1. The highest BCUT2D eigenvalue weighted by Crippen LogP contribution is 2.32.